The van der Waals surface area contributed by atoms with Crippen LogP contribution in [0.5, 0.6) is 5.75 Å². The van der Waals surface area contributed by atoms with Crippen molar-refractivity contribution in [3.63, 3.8) is 0 Å². The first kappa shape index (κ1) is 17.9. The van der Waals surface area contributed by atoms with E-state index in [1.165, 1.54) is 4.57 Å². The monoisotopic (exact) mass is 353 g/mol. The van der Waals surface area contributed by atoms with Crippen LogP contribution < -0.4 is 4.74 Å². The number of ether oxygens (including phenoxy) is 2. The highest BCUT2D eigenvalue weighted by Gasteiger charge is 2.20. The molecule has 6 nitrogen and oxygen atoms in total. The molecule has 0 N–H and O–H groups in total. The first-order chi connectivity index (χ1) is 12.2. The van der Waals surface area contributed by atoms with E-state index in [0.29, 0.717) is 16.7 Å². The molecule has 0 aliphatic carbocycles. The predicted molar refractivity (Wildman–Crippen MR) is 101 cm³/mol. The third-order valence-electron chi connectivity index (χ3n) is 3.95. The minimum Gasteiger partial charge on any atom is -0.496 e. The van der Waals surface area contributed by atoms with Crippen molar-refractivity contribution in [2.75, 3.05) is 7.11 Å². The molecule has 0 fully saturated rings. The van der Waals surface area contributed by atoms with Crippen molar-refractivity contribution in [3.8, 4) is 17.0 Å². The summed E-state index contributed by atoms with van der Waals surface area (Å²) in [4.78, 5) is 12.5. The molecule has 6 heteroatoms. The number of hydrogen-bond acceptors (Lipinski definition) is 5. The van der Waals surface area contributed by atoms with Crippen molar-refractivity contribution in [1.29, 1.82) is 0 Å². The second kappa shape index (κ2) is 6.44. The Labute approximate surface area is 152 Å². The van der Waals surface area contributed by atoms with Crippen LogP contribution in [0.2, 0.25) is 0 Å². The number of fused-ring (bicyclic) bond motifs is 1. The van der Waals surface area contributed by atoms with Crippen LogP contribution in [0.4, 0.5) is 4.79 Å². The molecule has 136 valence electrons. The van der Waals surface area contributed by atoms with E-state index in [4.69, 9.17) is 9.47 Å². The number of carbonyl (C=O) groups excluding carboxylic acids is 1. The topological polar surface area (TPSA) is 66.2 Å². The Morgan fingerprint density at radius 2 is 1.85 bits per heavy atom. The lowest BCUT2D eigenvalue weighted by molar-refractivity contribution is 0.0544. The summed E-state index contributed by atoms with van der Waals surface area (Å²) < 4.78 is 12.5. The van der Waals surface area contributed by atoms with Crippen molar-refractivity contribution >= 4 is 17.1 Å². The van der Waals surface area contributed by atoms with Gasteiger partial charge in [0.25, 0.3) is 0 Å². The van der Waals surface area contributed by atoms with Gasteiger partial charge < -0.3 is 9.47 Å². The molecular formula is C20H23N3O3. The maximum atomic E-state index is 12.5. The zero-order valence-electron chi connectivity index (χ0n) is 16.0. The van der Waals surface area contributed by atoms with Crippen LogP contribution in [0, 0.1) is 13.8 Å². The van der Waals surface area contributed by atoms with Crippen molar-refractivity contribution in [2.45, 2.75) is 40.2 Å². The van der Waals surface area contributed by atoms with Gasteiger partial charge >= 0.3 is 6.09 Å². The molecule has 0 spiro atoms. The number of carbonyl (C=O) groups is 1. The van der Waals surface area contributed by atoms with Gasteiger partial charge in [0.1, 0.15) is 16.9 Å². The fourth-order valence-corrected chi connectivity index (χ4v) is 2.94. The van der Waals surface area contributed by atoms with Gasteiger partial charge in [-0.15, -0.1) is 10.2 Å². The summed E-state index contributed by atoms with van der Waals surface area (Å²) in [6.07, 6.45) is 1.20. The van der Waals surface area contributed by atoms with Crippen molar-refractivity contribution < 1.29 is 14.3 Å². The molecule has 0 amide bonds. The van der Waals surface area contributed by atoms with Crippen LogP contribution in [0.25, 0.3) is 22.3 Å². The van der Waals surface area contributed by atoms with E-state index in [0.717, 1.165) is 22.4 Å². The van der Waals surface area contributed by atoms with E-state index in [1.54, 1.807) is 19.4 Å². The molecule has 0 radical (unpaired) electrons. The van der Waals surface area contributed by atoms with E-state index in [-0.39, 0.29) is 0 Å². The first-order valence-corrected chi connectivity index (χ1v) is 8.43. The summed E-state index contributed by atoms with van der Waals surface area (Å²) in [5, 5.41) is 8.59. The van der Waals surface area contributed by atoms with Crippen molar-refractivity contribution in [3.05, 3.63) is 41.6 Å². The van der Waals surface area contributed by atoms with Gasteiger partial charge in [-0.05, 0) is 63.9 Å². The Balaban J connectivity index is 2.14. The maximum absolute atomic E-state index is 12.5. The molecular weight excluding hydrogens is 330 g/mol. The van der Waals surface area contributed by atoms with Crippen LogP contribution in [-0.4, -0.2) is 33.6 Å². The Morgan fingerprint density at radius 3 is 2.50 bits per heavy atom. The standard InChI is InChI=1S/C20H23N3O3/c1-12-9-13(2)18(17(10-12)25-6)15-11-16-14(21-22-15)7-8-23(16)19(24)26-20(3,4)5/h7-11H,1-6H3. The fraction of sp³-hybridized carbons (Fsp3) is 0.350. The Morgan fingerprint density at radius 1 is 1.12 bits per heavy atom. The first-order valence-electron chi connectivity index (χ1n) is 8.43. The summed E-state index contributed by atoms with van der Waals surface area (Å²) >= 11 is 0. The van der Waals surface area contributed by atoms with Crippen LogP contribution in [0.15, 0.2) is 30.5 Å². The Hall–Kier alpha value is -2.89. The van der Waals surface area contributed by atoms with Crippen molar-refractivity contribution in [1.82, 2.24) is 14.8 Å². The summed E-state index contributed by atoms with van der Waals surface area (Å²) in [6.45, 7) is 9.53. The minimum absolute atomic E-state index is 0.445. The van der Waals surface area contributed by atoms with Gasteiger partial charge in [0.15, 0.2) is 0 Å². The van der Waals surface area contributed by atoms with Crippen LogP contribution >= 0.6 is 0 Å². The molecule has 0 unspecified atom stereocenters. The van der Waals surface area contributed by atoms with Gasteiger partial charge in [-0.25, -0.2) is 4.79 Å². The molecule has 3 rings (SSSR count). The Kier molecular flexibility index (Phi) is 4.44. The molecule has 3 aromatic rings. The van der Waals surface area contributed by atoms with Crippen LogP contribution in [-0.2, 0) is 4.74 Å². The second-order valence-electron chi connectivity index (χ2n) is 7.33. The van der Waals surface area contributed by atoms with Gasteiger partial charge in [-0.2, -0.15) is 0 Å². The van der Waals surface area contributed by atoms with Crippen LogP contribution in [0.1, 0.15) is 31.9 Å². The number of rotatable bonds is 2. The van der Waals surface area contributed by atoms with Gasteiger partial charge in [0.05, 0.1) is 18.3 Å². The number of nitrogens with zero attached hydrogens (tertiary/aromatic N) is 3. The van der Waals surface area contributed by atoms with Gasteiger partial charge in [-0.1, -0.05) is 6.07 Å². The zero-order chi connectivity index (χ0) is 19.1. The molecule has 1 aromatic carbocycles. The number of methoxy groups -OCH3 is 1. The molecule has 2 heterocycles. The zero-order valence-corrected chi connectivity index (χ0v) is 16.0. The van der Waals surface area contributed by atoms with E-state index < -0.39 is 11.7 Å². The molecule has 0 saturated heterocycles. The van der Waals surface area contributed by atoms with Crippen molar-refractivity contribution in [2.24, 2.45) is 0 Å². The minimum atomic E-state index is -0.576. The molecule has 0 aliphatic rings. The van der Waals surface area contributed by atoms with Gasteiger partial charge in [0.2, 0.25) is 0 Å². The molecule has 0 bridgehead atoms. The average Bonchev–Trinajstić information content (AvgIpc) is 2.95. The summed E-state index contributed by atoms with van der Waals surface area (Å²) in [6, 6.07) is 7.61. The maximum Gasteiger partial charge on any atom is 0.419 e. The lowest BCUT2D eigenvalue weighted by Gasteiger charge is -2.19. The highest BCUT2D eigenvalue weighted by molar-refractivity contribution is 5.89. The highest BCUT2D eigenvalue weighted by Crippen LogP contribution is 2.34. The molecule has 0 atom stereocenters. The Bertz CT molecular complexity index is 984. The summed E-state index contributed by atoms with van der Waals surface area (Å²) in [5.74, 6) is 0.728. The quantitative estimate of drug-likeness (QED) is 0.678. The molecule has 26 heavy (non-hydrogen) atoms. The van der Waals surface area contributed by atoms with Crippen LogP contribution in [0.3, 0.4) is 0 Å². The number of hydrogen-bond donors (Lipinski definition) is 0. The molecule has 0 saturated carbocycles. The van der Waals surface area contributed by atoms with E-state index in [2.05, 4.69) is 16.3 Å². The largest absolute Gasteiger partial charge is 0.496 e. The molecule has 0 aliphatic heterocycles. The normalized spacial score (nSPS) is 11.6. The predicted octanol–water partition coefficient (Wildman–Crippen LogP) is 4.51. The van der Waals surface area contributed by atoms with Gasteiger partial charge in [0, 0.05) is 11.8 Å². The average molecular weight is 353 g/mol. The SMILES string of the molecule is COc1cc(C)cc(C)c1-c1cc2c(ccn2C(=O)OC(C)(C)C)nn1. The number of aryl methyl sites for hydroxylation is 2. The highest BCUT2D eigenvalue weighted by atomic mass is 16.6. The second-order valence-corrected chi connectivity index (χ2v) is 7.33. The number of benzene rings is 1. The smallest absolute Gasteiger partial charge is 0.419 e. The third-order valence-corrected chi connectivity index (χ3v) is 3.95. The third kappa shape index (κ3) is 3.40. The lowest BCUT2D eigenvalue weighted by Crippen LogP contribution is -2.26. The molecule has 2 aromatic heterocycles. The lowest BCUT2D eigenvalue weighted by atomic mass is 10.0. The number of aromatic nitrogens is 3. The fourth-order valence-electron chi connectivity index (χ4n) is 2.94. The van der Waals surface area contributed by atoms with E-state index in [9.17, 15) is 4.79 Å². The van der Waals surface area contributed by atoms with E-state index in [1.807, 2.05) is 46.8 Å². The van der Waals surface area contributed by atoms with E-state index >= 15 is 0 Å². The van der Waals surface area contributed by atoms with Gasteiger partial charge in [-0.3, -0.25) is 4.57 Å². The summed E-state index contributed by atoms with van der Waals surface area (Å²) in [7, 11) is 1.63. The summed E-state index contributed by atoms with van der Waals surface area (Å²) in [5.41, 5.74) is 4.35.